The van der Waals surface area contributed by atoms with Crippen LogP contribution >= 0.6 is 11.8 Å². The normalized spacial score (nSPS) is 22.2. The molecule has 0 aromatic carbocycles. The van der Waals surface area contributed by atoms with E-state index in [1.807, 2.05) is 0 Å². The molecule has 0 aromatic rings. The van der Waals surface area contributed by atoms with E-state index in [0.717, 1.165) is 0 Å². The zero-order valence-corrected chi connectivity index (χ0v) is 6.31. The first-order valence-electron chi connectivity index (χ1n) is 3.07. The molecule has 0 fully saturated rings. The summed E-state index contributed by atoms with van der Waals surface area (Å²) in [7, 11) is 0. The van der Waals surface area contributed by atoms with Gasteiger partial charge in [-0.3, -0.25) is 0 Å². The van der Waals surface area contributed by atoms with Gasteiger partial charge in [0.25, 0.3) is 0 Å². The molecular weight excluding hydrogens is 164 g/mol. The highest BCUT2D eigenvalue weighted by Gasteiger charge is 2.32. The van der Waals surface area contributed by atoms with E-state index < -0.39 is 11.9 Å². The Morgan fingerprint density at radius 3 is 2.91 bits per heavy atom. The van der Waals surface area contributed by atoms with Crippen LogP contribution < -0.4 is 0 Å². The van der Waals surface area contributed by atoms with Gasteiger partial charge in [-0.2, -0.15) is 0 Å². The summed E-state index contributed by atoms with van der Waals surface area (Å²) in [6, 6.07) is 0. The van der Waals surface area contributed by atoms with Crippen LogP contribution in [0.25, 0.3) is 0 Å². The minimum Gasteiger partial charge on any atom is -0.386 e. The summed E-state index contributed by atoms with van der Waals surface area (Å²) >= 11 is 1.49. The lowest BCUT2D eigenvalue weighted by Crippen LogP contribution is -2.02. The van der Waals surface area contributed by atoms with Crippen molar-refractivity contribution in [2.75, 3.05) is 5.75 Å². The minimum absolute atomic E-state index is 0.425. The molecule has 2 heterocycles. The molecule has 11 heavy (non-hydrogen) atoms. The van der Waals surface area contributed by atoms with Crippen molar-refractivity contribution in [2.24, 2.45) is 0 Å². The van der Waals surface area contributed by atoms with Crippen molar-refractivity contribution >= 4 is 23.7 Å². The number of rotatable bonds is 0. The molecule has 4 heteroatoms. The van der Waals surface area contributed by atoms with Crippen molar-refractivity contribution in [2.45, 2.75) is 0 Å². The second-order valence-corrected chi connectivity index (χ2v) is 3.08. The van der Waals surface area contributed by atoms with E-state index in [4.69, 9.17) is 0 Å². The number of hydrogen-bond acceptors (Lipinski definition) is 4. The van der Waals surface area contributed by atoms with Gasteiger partial charge < -0.3 is 4.74 Å². The monoisotopic (exact) mass is 168 g/mol. The standard InChI is InChI=1S/C7H4O3S/c8-6-4-1-2-11-3-5(4)7(9)10-6/h1-2H,3H2. The summed E-state index contributed by atoms with van der Waals surface area (Å²) in [5.74, 6) is -0.445. The van der Waals surface area contributed by atoms with Gasteiger partial charge in [0.05, 0.1) is 11.1 Å². The third-order valence-electron chi connectivity index (χ3n) is 1.54. The van der Waals surface area contributed by atoms with Crippen molar-refractivity contribution in [1.82, 2.24) is 0 Å². The number of ether oxygens (including phenoxy) is 1. The van der Waals surface area contributed by atoms with E-state index in [0.29, 0.717) is 16.9 Å². The average molecular weight is 168 g/mol. The van der Waals surface area contributed by atoms with Gasteiger partial charge in [-0.15, -0.1) is 11.8 Å². The summed E-state index contributed by atoms with van der Waals surface area (Å²) in [6.45, 7) is 0. The zero-order chi connectivity index (χ0) is 7.84. The second kappa shape index (κ2) is 2.23. The Morgan fingerprint density at radius 2 is 2.18 bits per heavy atom. The summed E-state index contributed by atoms with van der Waals surface area (Å²) < 4.78 is 4.39. The molecule has 2 aliphatic rings. The van der Waals surface area contributed by atoms with Gasteiger partial charge in [-0.25, -0.2) is 9.59 Å². The van der Waals surface area contributed by atoms with Crippen molar-refractivity contribution < 1.29 is 14.3 Å². The highest BCUT2D eigenvalue weighted by molar-refractivity contribution is 8.02. The molecule has 0 atom stereocenters. The average Bonchev–Trinajstić information content (AvgIpc) is 2.30. The summed E-state index contributed by atoms with van der Waals surface area (Å²) in [4.78, 5) is 21.7. The summed E-state index contributed by atoms with van der Waals surface area (Å²) in [5.41, 5.74) is 0.927. The van der Waals surface area contributed by atoms with E-state index >= 15 is 0 Å². The molecule has 2 rings (SSSR count). The number of carbonyl (C=O) groups excluding carboxylic acids is 2. The molecule has 56 valence electrons. The Morgan fingerprint density at radius 1 is 1.36 bits per heavy atom. The molecule has 0 bridgehead atoms. The fraction of sp³-hybridized carbons (Fsp3) is 0.143. The zero-order valence-electron chi connectivity index (χ0n) is 5.49. The van der Waals surface area contributed by atoms with E-state index in [2.05, 4.69) is 4.74 Å². The quantitative estimate of drug-likeness (QED) is 0.393. The number of hydrogen-bond donors (Lipinski definition) is 0. The van der Waals surface area contributed by atoms with Crippen molar-refractivity contribution in [1.29, 1.82) is 0 Å². The van der Waals surface area contributed by atoms with E-state index in [1.54, 1.807) is 11.5 Å². The third kappa shape index (κ3) is 0.903. The SMILES string of the molecule is O=C1OC(=O)C2=C1C=CSC2. The van der Waals surface area contributed by atoms with E-state index in [9.17, 15) is 9.59 Å². The molecule has 0 spiro atoms. The van der Waals surface area contributed by atoms with E-state index in [-0.39, 0.29) is 0 Å². The molecule has 0 saturated carbocycles. The second-order valence-electron chi connectivity index (χ2n) is 2.18. The molecule has 0 radical (unpaired) electrons. The Bertz CT molecular complexity index is 301. The lowest BCUT2D eigenvalue weighted by atomic mass is 10.1. The molecule has 0 unspecified atom stereocenters. The lowest BCUT2D eigenvalue weighted by molar-refractivity contribution is -0.150. The van der Waals surface area contributed by atoms with Crippen molar-refractivity contribution in [3.63, 3.8) is 0 Å². The van der Waals surface area contributed by atoms with Gasteiger partial charge in [0.2, 0.25) is 0 Å². The Hall–Kier alpha value is -1.03. The predicted octanol–water partition coefficient (Wildman–Crippen LogP) is 0.627. The molecule has 0 aliphatic carbocycles. The van der Waals surface area contributed by atoms with Crippen LogP contribution in [0.2, 0.25) is 0 Å². The van der Waals surface area contributed by atoms with Crippen LogP contribution in [0.1, 0.15) is 0 Å². The lowest BCUT2D eigenvalue weighted by Gasteiger charge is -1.99. The Balaban J connectivity index is 2.49. The van der Waals surface area contributed by atoms with Crippen LogP contribution in [-0.2, 0) is 14.3 Å². The maximum Gasteiger partial charge on any atom is 0.346 e. The van der Waals surface area contributed by atoms with Crippen LogP contribution in [0.4, 0.5) is 0 Å². The van der Waals surface area contributed by atoms with Crippen LogP contribution in [0.3, 0.4) is 0 Å². The van der Waals surface area contributed by atoms with Gasteiger partial charge in [0.1, 0.15) is 0 Å². The third-order valence-corrected chi connectivity index (χ3v) is 2.32. The molecule has 0 amide bonds. The number of cyclic esters (lactones) is 2. The summed E-state index contributed by atoms with van der Waals surface area (Å²) in [6.07, 6.45) is 1.62. The number of esters is 2. The smallest absolute Gasteiger partial charge is 0.346 e. The fourth-order valence-electron chi connectivity index (χ4n) is 0.987. The van der Waals surface area contributed by atoms with Gasteiger partial charge in [-0.1, -0.05) is 0 Å². The van der Waals surface area contributed by atoms with Gasteiger partial charge in [0, 0.05) is 5.75 Å². The Kier molecular flexibility index (Phi) is 1.35. The first-order chi connectivity index (χ1) is 5.29. The van der Waals surface area contributed by atoms with Gasteiger partial charge >= 0.3 is 11.9 Å². The Labute approximate surface area is 67.1 Å². The molecule has 2 aliphatic heterocycles. The minimum atomic E-state index is -0.512. The molecule has 0 N–H and O–H groups in total. The van der Waals surface area contributed by atoms with Gasteiger partial charge in [0.15, 0.2) is 0 Å². The fourth-order valence-corrected chi connectivity index (χ4v) is 1.76. The molecular formula is C7H4O3S. The first kappa shape index (κ1) is 6.67. The molecule has 0 saturated heterocycles. The number of carbonyl (C=O) groups is 2. The summed E-state index contributed by atoms with van der Waals surface area (Å²) in [5, 5.41) is 1.79. The van der Waals surface area contributed by atoms with Crippen molar-refractivity contribution in [3.8, 4) is 0 Å². The molecule has 3 nitrogen and oxygen atoms in total. The topological polar surface area (TPSA) is 43.4 Å². The largest absolute Gasteiger partial charge is 0.386 e. The maximum absolute atomic E-state index is 10.9. The number of thioether (sulfide) groups is 1. The van der Waals surface area contributed by atoms with Crippen LogP contribution in [-0.4, -0.2) is 17.7 Å². The maximum atomic E-state index is 10.9. The van der Waals surface area contributed by atoms with Crippen molar-refractivity contribution in [3.05, 3.63) is 22.6 Å². The van der Waals surface area contributed by atoms with Crippen LogP contribution in [0.5, 0.6) is 0 Å². The first-order valence-corrected chi connectivity index (χ1v) is 4.12. The van der Waals surface area contributed by atoms with E-state index in [1.165, 1.54) is 11.8 Å². The van der Waals surface area contributed by atoms with Crippen LogP contribution in [0, 0.1) is 0 Å². The highest BCUT2D eigenvalue weighted by atomic mass is 32.2. The predicted molar refractivity (Wildman–Crippen MR) is 39.7 cm³/mol. The van der Waals surface area contributed by atoms with Gasteiger partial charge in [-0.05, 0) is 11.5 Å². The molecule has 0 aromatic heterocycles. The van der Waals surface area contributed by atoms with Crippen LogP contribution in [0.15, 0.2) is 22.6 Å². The highest BCUT2D eigenvalue weighted by Crippen LogP contribution is 2.27.